The van der Waals surface area contributed by atoms with E-state index in [9.17, 15) is 0 Å². The fourth-order valence-electron chi connectivity index (χ4n) is 2.84. The molecule has 0 spiro atoms. The van der Waals surface area contributed by atoms with Gasteiger partial charge in [0, 0.05) is 10.9 Å². The molecular weight excluding hydrogens is 226 g/mol. The van der Waals surface area contributed by atoms with E-state index < -0.39 is 0 Å². The molecule has 0 saturated heterocycles. The zero-order chi connectivity index (χ0) is 12.1. The van der Waals surface area contributed by atoms with Gasteiger partial charge in [0.05, 0.1) is 0 Å². The van der Waals surface area contributed by atoms with E-state index in [0.717, 1.165) is 5.92 Å². The standard InChI is InChI=1S/C15H23NS/c1-16-15(11-12-5-3-4-6-12)13-7-9-14(17-2)10-8-13/h7-10,12,15-16H,3-6,11H2,1-2H3. The van der Waals surface area contributed by atoms with Gasteiger partial charge in [0.25, 0.3) is 0 Å². The molecule has 1 aromatic carbocycles. The molecule has 1 aliphatic rings. The first-order chi connectivity index (χ1) is 8.33. The molecule has 1 aliphatic carbocycles. The van der Waals surface area contributed by atoms with Crippen molar-refractivity contribution in [1.29, 1.82) is 0 Å². The smallest absolute Gasteiger partial charge is 0.0320 e. The summed E-state index contributed by atoms with van der Waals surface area (Å²) in [6, 6.07) is 9.57. The highest BCUT2D eigenvalue weighted by molar-refractivity contribution is 7.98. The van der Waals surface area contributed by atoms with E-state index in [1.165, 1.54) is 42.6 Å². The van der Waals surface area contributed by atoms with Gasteiger partial charge in [-0.3, -0.25) is 0 Å². The summed E-state index contributed by atoms with van der Waals surface area (Å²) in [5, 5.41) is 3.48. The topological polar surface area (TPSA) is 12.0 Å². The van der Waals surface area contributed by atoms with Crippen LogP contribution in [0.2, 0.25) is 0 Å². The number of hydrogen-bond donors (Lipinski definition) is 1. The van der Waals surface area contributed by atoms with Gasteiger partial charge in [0.1, 0.15) is 0 Å². The molecule has 0 bridgehead atoms. The van der Waals surface area contributed by atoms with Crippen molar-refractivity contribution in [2.24, 2.45) is 5.92 Å². The van der Waals surface area contributed by atoms with Crippen LogP contribution in [0.3, 0.4) is 0 Å². The van der Waals surface area contributed by atoms with Gasteiger partial charge in [0.15, 0.2) is 0 Å². The van der Waals surface area contributed by atoms with E-state index in [1.807, 2.05) is 11.8 Å². The highest BCUT2D eigenvalue weighted by atomic mass is 32.2. The Labute approximate surface area is 109 Å². The van der Waals surface area contributed by atoms with E-state index in [-0.39, 0.29) is 0 Å². The van der Waals surface area contributed by atoms with Crippen LogP contribution in [0.5, 0.6) is 0 Å². The Morgan fingerprint density at radius 2 is 1.88 bits per heavy atom. The number of thioether (sulfide) groups is 1. The Balaban J connectivity index is 2.00. The average Bonchev–Trinajstić information content (AvgIpc) is 2.89. The minimum absolute atomic E-state index is 0.536. The Bertz CT molecular complexity index is 327. The minimum Gasteiger partial charge on any atom is -0.313 e. The first-order valence-corrected chi connectivity index (χ1v) is 7.87. The quantitative estimate of drug-likeness (QED) is 0.783. The first-order valence-electron chi connectivity index (χ1n) is 6.64. The molecule has 94 valence electrons. The van der Waals surface area contributed by atoms with E-state index >= 15 is 0 Å². The molecule has 0 aromatic heterocycles. The molecule has 1 unspecified atom stereocenters. The molecular formula is C15H23NS. The molecule has 1 aromatic rings. The van der Waals surface area contributed by atoms with Gasteiger partial charge in [-0.25, -0.2) is 0 Å². The zero-order valence-corrected chi connectivity index (χ0v) is 11.7. The van der Waals surface area contributed by atoms with Crippen molar-refractivity contribution < 1.29 is 0 Å². The number of benzene rings is 1. The normalized spacial score (nSPS) is 18.5. The SMILES string of the molecule is CNC(CC1CCCC1)c1ccc(SC)cc1. The lowest BCUT2D eigenvalue weighted by molar-refractivity contribution is 0.413. The molecule has 2 heteroatoms. The van der Waals surface area contributed by atoms with Crippen LogP contribution in [0.15, 0.2) is 29.2 Å². The van der Waals surface area contributed by atoms with Crippen LogP contribution in [0.4, 0.5) is 0 Å². The highest BCUT2D eigenvalue weighted by Gasteiger charge is 2.20. The molecule has 17 heavy (non-hydrogen) atoms. The molecule has 0 amide bonds. The molecule has 0 heterocycles. The molecule has 1 saturated carbocycles. The fraction of sp³-hybridized carbons (Fsp3) is 0.600. The molecule has 1 nitrogen and oxygen atoms in total. The number of rotatable bonds is 5. The van der Waals surface area contributed by atoms with Gasteiger partial charge in [0.2, 0.25) is 0 Å². The van der Waals surface area contributed by atoms with Gasteiger partial charge in [-0.2, -0.15) is 0 Å². The van der Waals surface area contributed by atoms with Crippen LogP contribution in [0, 0.1) is 5.92 Å². The van der Waals surface area contributed by atoms with Crippen molar-refractivity contribution in [2.75, 3.05) is 13.3 Å². The maximum Gasteiger partial charge on any atom is 0.0320 e. The van der Waals surface area contributed by atoms with Crippen LogP contribution in [0.25, 0.3) is 0 Å². The van der Waals surface area contributed by atoms with Gasteiger partial charge in [-0.1, -0.05) is 37.8 Å². The van der Waals surface area contributed by atoms with Crippen molar-refractivity contribution in [2.45, 2.75) is 43.0 Å². The predicted molar refractivity (Wildman–Crippen MR) is 76.6 cm³/mol. The Hall–Kier alpha value is -0.470. The second-order valence-electron chi connectivity index (χ2n) is 5.00. The Morgan fingerprint density at radius 3 is 2.41 bits per heavy atom. The second kappa shape index (κ2) is 6.46. The van der Waals surface area contributed by atoms with Crippen LogP contribution in [-0.2, 0) is 0 Å². The van der Waals surface area contributed by atoms with E-state index in [0.29, 0.717) is 6.04 Å². The van der Waals surface area contributed by atoms with Gasteiger partial charge in [-0.05, 0) is 43.3 Å². The molecule has 1 N–H and O–H groups in total. The van der Waals surface area contributed by atoms with Gasteiger partial charge >= 0.3 is 0 Å². The summed E-state index contributed by atoms with van der Waals surface area (Å²) in [6.45, 7) is 0. The summed E-state index contributed by atoms with van der Waals surface area (Å²) in [4.78, 5) is 1.35. The fourth-order valence-corrected chi connectivity index (χ4v) is 3.24. The average molecular weight is 249 g/mol. The largest absolute Gasteiger partial charge is 0.313 e. The molecule has 2 rings (SSSR count). The highest BCUT2D eigenvalue weighted by Crippen LogP contribution is 2.33. The third kappa shape index (κ3) is 3.49. The Kier molecular flexibility index (Phi) is 4.93. The zero-order valence-electron chi connectivity index (χ0n) is 10.9. The van der Waals surface area contributed by atoms with E-state index in [2.05, 4.69) is 42.9 Å². The third-order valence-electron chi connectivity index (χ3n) is 3.91. The predicted octanol–water partition coefficient (Wildman–Crippen LogP) is 4.25. The maximum absolute atomic E-state index is 3.48. The monoisotopic (exact) mass is 249 g/mol. The van der Waals surface area contributed by atoms with Crippen molar-refractivity contribution in [3.63, 3.8) is 0 Å². The van der Waals surface area contributed by atoms with Gasteiger partial charge < -0.3 is 5.32 Å². The summed E-state index contributed by atoms with van der Waals surface area (Å²) >= 11 is 1.81. The van der Waals surface area contributed by atoms with Crippen LogP contribution in [-0.4, -0.2) is 13.3 Å². The summed E-state index contributed by atoms with van der Waals surface area (Å²) in [5.41, 5.74) is 1.44. The molecule has 0 radical (unpaired) electrons. The number of hydrogen-bond acceptors (Lipinski definition) is 2. The minimum atomic E-state index is 0.536. The van der Waals surface area contributed by atoms with E-state index in [4.69, 9.17) is 0 Å². The van der Waals surface area contributed by atoms with Crippen LogP contribution >= 0.6 is 11.8 Å². The van der Waals surface area contributed by atoms with Crippen molar-refractivity contribution in [3.8, 4) is 0 Å². The van der Waals surface area contributed by atoms with Crippen LogP contribution in [0.1, 0.15) is 43.7 Å². The summed E-state index contributed by atoms with van der Waals surface area (Å²) in [6.07, 6.45) is 9.17. The summed E-state index contributed by atoms with van der Waals surface area (Å²) in [5.74, 6) is 0.938. The summed E-state index contributed by atoms with van der Waals surface area (Å²) < 4.78 is 0. The lowest BCUT2D eigenvalue weighted by Gasteiger charge is -2.20. The van der Waals surface area contributed by atoms with Crippen molar-refractivity contribution in [3.05, 3.63) is 29.8 Å². The molecule has 1 atom stereocenters. The van der Waals surface area contributed by atoms with E-state index in [1.54, 1.807) is 0 Å². The third-order valence-corrected chi connectivity index (χ3v) is 4.65. The lowest BCUT2D eigenvalue weighted by atomic mass is 9.94. The van der Waals surface area contributed by atoms with Gasteiger partial charge in [-0.15, -0.1) is 11.8 Å². The molecule has 1 fully saturated rings. The molecule has 0 aliphatic heterocycles. The number of nitrogens with one attached hydrogen (secondary N) is 1. The maximum atomic E-state index is 3.48. The van der Waals surface area contributed by atoms with Crippen molar-refractivity contribution in [1.82, 2.24) is 5.32 Å². The van der Waals surface area contributed by atoms with Crippen molar-refractivity contribution >= 4 is 11.8 Å². The lowest BCUT2D eigenvalue weighted by Crippen LogP contribution is -2.19. The summed E-state index contributed by atoms with van der Waals surface area (Å²) in [7, 11) is 2.09. The second-order valence-corrected chi connectivity index (χ2v) is 5.88. The van der Waals surface area contributed by atoms with Crippen LogP contribution < -0.4 is 5.32 Å². The Morgan fingerprint density at radius 1 is 1.24 bits per heavy atom. The first kappa shape index (κ1) is 13.0.